The van der Waals surface area contributed by atoms with E-state index in [-0.39, 0.29) is 19.0 Å². The first-order valence-electron chi connectivity index (χ1n) is 11.3. The molecule has 3 amide bonds. The molecule has 0 aromatic heterocycles. The predicted octanol–water partition coefficient (Wildman–Crippen LogP) is 3.22. The van der Waals surface area contributed by atoms with E-state index in [1.54, 1.807) is 65.0 Å². The molecule has 0 fully saturated rings. The minimum Gasteiger partial charge on any atom is -0.468 e. The number of hydrogen-bond donors (Lipinski definition) is 2. The Balaban J connectivity index is 3.45. The molecule has 0 saturated heterocycles. The van der Waals surface area contributed by atoms with Crippen LogP contribution in [0.4, 0.5) is 4.79 Å². The van der Waals surface area contributed by atoms with Crippen molar-refractivity contribution in [3.8, 4) is 0 Å². The molecule has 0 spiro atoms. The van der Waals surface area contributed by atoms with Crippen molar-refractivity contribution < 1.29 is 28.7 Å². The summed E-state index contributed by atoms with van der Waals surface area (Å²) in [5, 5.41) is 5.15. The van der Waals surface area contributed by atoms with E-state index in [1.165, 1.54) is 18.1 Å². The monoisotopic (exact) mass is 487 g/mol. The average Bonchev–Trinajstić information content (AvgIpc) is 2.79. The third-order valence-corrected chi connectivity index (χ3v) is 4.87. The normalized spacial score (nSPS) is 12.7. The molecular weight excluding hydrogens is 450 g/mol. The van der Waals surface area contributed by atoms with Crippen LogP contribution in [0.3, 0.4) is 0 Å². The summed E-state index contributed by atoms with van der Waals surface area (Å²) in [7, 11) is 1.21. The van der Waals surface area contributed by atoms with E-state index in [1.807, 2.05) is 0 Å². The second-order valence-corrected chi connectivity index (χ2v) is 9.22. The number of amides is 3. The summed E-state index contributed by atoms with van der Waals surface area (Å²) in [6.07, 6.45) is 2.36. The Morgan fingerprint density at radius 3 is 2.31 bits per heavy atom. The molecule has 2 unspecified atom stereocenters. The Labute approximate surface area is 207 Å². The lowest BCUT2D eigenvalue weighted by Gasteiger charge is -2.35. The van der Waals surface area contributed by atoms with Gasteiger partial charge in [-0.25, -0.2) is 4.79 Å². The van der Waals surface area contributed by atoms with Crippen molar-refractivity contribution in [2.24, 2.45) is 5.92 Å². The minimum atomic E-state index is -1.12. The number of esters is 1. The second kappa shape index (κ2) is 13.3. The fourth-order valence-corrected chi connectivity index (χ4v) is 3.25. The number of carbonyl (C=O) groups excluding carboxylic acids is 4. The number of nitrogens with one attached hydrogen (secondary N) is 2. The van der Waals surface area contributed by atoms with Crippen LogP contribution in [0.2, 0.25) is 0 Å². The lowest BCUT2D eigenvalue weighted by molar-refractivity contribution is -0.144. The molecule has 35 heavy (non-hydrogen) atoms. The minimum absolute atomic E-state index is 0.00663. The standard InChI is InChI=1S/C26H37N3O6/c1-9-14-29(24(32)21(17(3)4)28-25(33)35-26(5,6)7)22(23(31)27-16-20(30)34-8)19-13-11-12-18(10-2)15-19/h9-13,15,17,21-22H,1-2,14,16H2,3-8H3,(H,27,31)(H,28,33). The molecule has 2 atom stereocenters. The molecular formula is C26H37N3O6. The molecule has 9 heteroatoms. The van der Waals surface area contributed by atoms with Gasteiger partial charge in [0.2, 0.25) is 11.8 Å². The number of carbonyl (C=O) groups is 4. The number of methoxy groups -OCH3 is 1. The van der Waals surface area contributed by atoms with Crippen molar-refractivity contribution in [3.63, 3.8) is 0 Å². The predicted molar refractivity (Wildman–Crippen MR) is 134 cm³/mol. The van der Waals surface area contributed by atoms with Gasteiger partial charge in [-0.15, -0.1) is 6.58 Å². The molecule has 0 aliphatic carbocycles. The SMILES string of the molecule is C=CCN(C(=O)C(NC(=O)OC(C)(C)C)C(C)C)C(C(=O)NCC(=O)OC)c1cccc(C=C)c1. The molecule has 0 radical (unpaired) electrons. The number of alkyl carbamates (subject to hydrolysis) is 1. The van der Waals surface area contributed by atoms with Gasteiger partial charge in [0.05, 0.1) is 7.11 Å². The van der Waals surface area contributed by atoms with Crippen molar-refractivity contribution in [2.75, 3.05) is 20.2 Å². The summed E-state index contributed by atoms with van der Waals surface area (Å²) in [5.41, 5.74) is 0.489. The van der Waals surface area contributed by atoms with Crippen LogP contribution >= 0.6 is 0 Å². The zero-order valence-electron chi connectivity index (χ0n) is 21.4. The van der Waals surface area contributed by atoms with E-state index in [2.05, 4.69) is 28.5 Å². The van der Waals surface area contributed by atoms with Crippen LogP contribution in [0.5, 0.6) is 0 Å². The number of nitrogens with zero attached hydrogens (tertiary/aromatic N) is 1. The maximum atomic E-state index is 13.8. The molecule has 2 N–H and O–H groups in total. The van der Waals surface area contributed by atoms with Crippen LogP contribution in [0.25, 0.3) is 6.08 Å². The number of ether oxygens (including phenoxy) is 2. The molecule has 0 heterocycles. The summed E-state index contributed by atoms with van der Waals surface area (Å²) >= 11 is 0. The Kier molecular flexibility index (Phi) is 11.2. The van der Waals surface area contributed by atoms with Crippen molar-refractivity contribution in [1.29, 1.82) is 0 Å². The van der Waals surface area contributed by atoms with E-state index < -0.39 is 41.6 Å². The van der Waals surface area contributed by atoms with E-state index in [0.29, 0.717) is 5.56 Å². The summed E-state index contributed by atoms with van der Waals surface area (Å²) in [6, 6.07) is 4.87. The third kappa shape index (κ3) is 9.27. The lowest BCUT2D eigenvalue weighted by atomic mass is 9.97. The Bertz CT molecular complexity index is 935. The van der Waals surface area contributed by atoms with Crippen LogP contribution in [-0.2, 0) is 23.9 Å². The molecule has 1 aromatic carbocycles. The molecule has 1 rings (SSSR count). The van der Waals surface area contributed by atoms with Crippen molar-refractivity contribution in [1.82, 2.24) is 15.5 Å². The highest BCUT2D eigenvalue weighted by molar-refractivity contribution is 5.93. The van der Waals surface area contributed by atoms with Gasteiger partial charge in [-0.2, -0.15) is 0 Å². The van der Waals surface area contributed by atoms with Gasteiger partial charge in [0.15, 0.2) is 0 Å². The highest BCUT2D eigenvalue weighted by Crippen LogP contribution is 2.25. The maximum Gasteiger partial charge on any atom is 0.408 e. The molecule has 0 aliphatic rings. The Hall–Kier alpha value is -3.62. The first-order chi connectivity index (χ1) is 16.3. The molecule has 9 nitrogen and oxygen atoms in total. The van der Waals surface area contributed by atoms with E-state index >= 15 is 0 Å². The van der Waals surface area contributed by atoms with Crippen LogP contribution in [-0.4, -0.2) is 60.6 Å². The van der Waals surface area contributed by atoms with Gasteiger partial charge in [0.1, 0.15) is 24.2 Å². The van der Waals surface area contributed by atoms with Crippen LogP contribution in [0.1, 0.15) is 51.8 Å². The molecule has 192 valence electrons. The van der Waals surface area contributed by atoms with E-state index in [9.17, 15) is 19.2 Å². The molecule has 1 aromatic rings. The lowest BCUT2D eigenvalue weighted by Crippen LogP contribution is -2.55. The average molecular weight is 488 g/mol. The number of benzene rings is 1. The zero-order valence-corrected chi connectivity index (χ0v) is 21.4. The zero-order chi connectivity index (χ0) is 26.8. The summed E-state index contributed by atoms with van der Waals surface area (Å²) in [5.74, 6) is -2.05. The quantitative estimate of drug-likeness (QED) is 0.366. The topological polar surface area (TPSA) is 114 Å². The molecule has 0 bridgehead atoms. The molecule has 0 saturated carbocycles. The van der Waals surface area contributed by atoms with Crippen molar-refractivity contribution >= 4 is 30.0 Å². The molecule has 0 aliphatic heterocycles. The van der Waals surface area contributed by atoms with Gasteiger partial charge in [-0.3, -0.25) is 14.4 Å². The van der Waals surface area contributed by atoms with Gasteiger partial charge >= 0.3 is 12.1 Å². The summed E-state index contributed by atoms with van der Waals surface area (Å²) < 4.78 is 9.93. The van der Waals surface area contributed by atoms with Crippen molar-refractivity contribution in [3.05, 3.63) is 54.6 Å². The Morgan fingerprint density at radius 2 is 1.80 bits per heavy atom. The van der Waals surface area contributed by atoms with Crippen LogP contribution in [0, 0.1) is 5.92 Å². The smallest absolute Gasteiger partial charge is 0.408 e. The Morgan fingerprint density at radius 1 is 1.14 bits per heavy atom. The first-order valence-corrected chi connectivity index (χ1v) is 11.3. The van der Waals surface area contributed by atoms with Crippen LogP contribution in [0.15, 0.2) is 43.5 Å². The first kappa shape index (κ1) is 29.4. The van der Waals surface area contributed by atoms with Gasteiger partial charge in [0, 0.05) is 6.54 Å². The van der Waals surface area contributed by atoms with E-state index in [4.69, 9.17) is 4.74 Å². The largest absolute Gasteiger partial charge is 0.468 e. The van der Waals surface area contributed by atoms with Gasteiger partial charge in [0.25, 0.3) is 0 Å². The number of hydrogen-bond acceptors (Lipinski definition) is 6. The fraction of sp³-hybridized carbons (Fsp3) is 0.462. The van der Waals surface area contributed by atoms with Gasteiger partial charge < -0.3 is 25.0 Å². The van der Waals surface area contributed by atoms with Crippen molar-refractivity contribution in [2.45, 2.75) is 52.3 Å². The highest BCUT2D eigenvalue weighted by atomic mass is 16.6. The fourth-order valence-electron chi connectivity index (χ4n) is 3.25. The summed E-state index contributed by atoms with van der Waals surface area (Å²) in [4.78, 5) is 52.5. The maximum absolute atomic E-state index is 13.8. The third-order valence-electron chi connectivity index (χ3n) is 4.87. The number of rotatable bonds is 11. The van der Waals surface area contributed by atoms with Gasteiger partial charge in [-0.1, -0.05) is 50.8 Å². The highest BCUT2D eigenvalue weighted by Gasteiger charge is 2.37. The van der Waals surface area contributed by atoms with Crippen LogP contribution < -0.4 is 10.6 Å². The van der Waals surface area contributed by atoms with E-state index in [0.717, 1.165) is 5.56 Å². The van der Waals surface area contributed by atoms with Gasteiger partial charge in [-0.05, 0) is 43.9 Å². The second-order valence-electron chi connectivity index (χ2n) is 9.22. The summed E-state index contributed by atoms with van der Waals surface area (Å²) in [6.45, 7) is 15.8.